The van der Waals surface area contributed by atoms with Gasteiger partial charge >= 0.3 is 0 Å². The lowest BCUT2D eigenvalue weighted by molar-refractivity contribution is 0.249. The van der Waals surface area contributed by atoms with Crippen LogP contribution in [0.1, 0.15) is 26.2 Å². The molecule has 1 atom stereocenters. The number of nitrogens with one attached hydrogen (secondary N) is 1. The van der Waals surface area contributed by atoms with Crippen LogP contribution in [0.15, 0.2) is 4.99 Å². The van der Waals surface area contributed by atoms with Gasteiger partial charge in [0.15, 0.2) is 5.96 Å². The lowest BCUT2D eigenvalue weighted by Gasteiger charge is -2.33. The van der Waals surface area contributed by atoms with Crippen molar-refractivity contribution in [1.82, 2.24) is 10.2 Å². The molecule has 0 amide bonds. The van der Waals surface area contributed by atoms with Crippen LogP contribution in [0.25, 0.3) is 0 Å². The summed E-state index contributed by atoms with van der Waals surface area (Å²) in [5.74, 6) is 2.04. The summed E-state index contributed by atoms with van der Waals surface area (Å²) in [6.45, 7) is 6.69. The third-order valence-corrected chi connectivity index (χ3v) is 3.05. The van der Waals surface area contributed by atoms with E-state index < -0.39 is 0 Å². The Morgan fingerprint density at radius 3 is 3.23 bits per heavy atom. The summed E-state index contributed by atoms with van der Waals surface area (Å²) in [6.07, 6.45) is 4.04. The molecule has 0 radical (unpaired) electrons. The summed E-state index contributed by atoms with van der Waals surface area (Å²) in [7, 11) is 0. The Bertz CT molecular complexity index is 200. The largest absolute Gasteiger partial charge is 0.354 e. The molecule has 2 aliphatic heterocycles. The zero-order valence-corrected chi connectivity index (χ0v) is 8.42. The predicted molar refractivity (Wildman–Crippen MR) is 54.9 cm³/mol. The number of guanidine groups is 1. The van der Waals surface area contributed by atoms with Crippen molar-refractivity contribution in [3.63, 3.8) is 0 Å². The van der Waals surface area contributed by atoms with Gasteiger partial charge in [-0.05, 0) is 18.8 Å². The first-order chi connectivity index (χ1) is 6.40. The van der Waals surface area contributed by atoms with Gasteiger partial charge in [-0.25, -0.2) is 0 Å². The Labute approximate surface area is 80.2 Å². The molecule has 0 aliphatic carbocycles. The van der Waals surface area contributed by atoms with Crippen molar-refractivity contribution < 1.29 is 0 Å². The molecule has 13 heavy (non-hydrogen) atoms. The molecule has 0 aromatic rings. The highest BCUT2D eigenvalue weighted by atomic mass is 15.3. The van der Waals surface area contributed by atoms with Crippen LogP contribution < -0.4 is 5.32 Å². The van der Waals surface area contributed by atoms with Crippen molar-refractivity contribution in [2.45, 2.75) is 26.2 Å². The average Bonchev–Trinajstić information content (AvgIpc) is 2.71. The van der Waals surface area contributed by atoms with Crippen molar-refractivity contribution in [1.29, 1.82) is 0 Å². The van der Waals surface area contributed by atoms with Gasteiger partial charge in [0.2, 0.25) is 0 Å². The molecule has 1 N–H and O–H groups in total. The SMILES string of the molecule is CCC1CCCN(C2=NCCN2)C1. The van der Waals surface area contributed by atoms with E-state index in [0.717, 1.165) is 25.0 Å². The van der Waals surface area contributed by atoms with E-state index in [2.05, 4.69) is 22.1 Å². The summed E-state index contributed by atoms with van der Waals surface area (Å²) in [4.78, 5) is 6.88. The molecule has 74 valence electrons. The maximum atomic E-state index is 4.46. The molecule has 2 heterocycles. The topological polar surface area (TPSA) is 27.6 Å². The van der Waals surface area contributed by atoms with E-state index in [1.807, 2.05) is 0 Å². The van der Waals surface area contributed by atoms with E-state index in [1.165, 1.54) is 32.4 Å². The average molecular weight is 181 g/mol. The van der Waals surface area contributed by atoms with Crippen LogP contribution in [0.3, 0.4) is 0 Å². The summed E-state index contributed by atoms with van der Waals surface area (Å²) >= 11 is 0. The first-order valence-electron chi connectivity index (χ1n) is 5.43. The highest BCUT2D eigenvalue weighted by Gasteiger charge is 2.22. The molecule has 0 spiro atoms. The predicted octanol–water partition coefficient (Wildman–Crippen LogP) is 1.07. The van der Waals surface area contributed by atoms with Gasteiger partial charge in [0.1, 0.15) is 0 Å². The molecule has 3 nitrogen and oxygen atoms in total. The molecule has 2 rings (SSSR count). The van der Waals surface area contributed by atoms with Crippen LogP contribution in [0, 0.1) is 5.92 Å². The lowest BCUT2D eigenvalue weighted by Crippen LogP contribution is -2.44. The molecule has 1 unspecified atom stereocenters. The minimum Gasteiger partial charge on any atom is -0.354 e. The van der Waals surface area contributed by atoms with E-state index in [0.29, 0.717) is 0 Å². The summed E-state index contributed by atoms with van der Waals surface area (Å²) in [5.41, 5.74) is 0. The third kappa shape index (κ3) is 1.95. The van der Waals surface area contributed by atoms with Gasteiger partial charge in [0.25, 0.3) is 0 Å². The number of aliphatic imine (C=N–C) groups is 1. The molecule has 0 saturated carbocycles. The Balaban J connectivity index is 1.91. The molecular formula is C10H19N3. The maximum absolute atomic E-state index is 4.46. The standard InChI is InChI=1S/C10H19N3/c1-2-9-4-3-7-13(8-9)10-11-5-6-12-10/h9H,2-8H2,1H3,(H,11,12). The fourth-order valence-corrected chi connectivity index (χ4v) is 2.19. The molecule has 0 aromatic heterocycles. The lowest BCUT2D eigenvalue weighted by atomic mass is 9.96. The van der Waals surface area contributed by atoms with Gasteiger partial charge in [0, 0.05) is 19.6 Å². The van der Waals surface area contributed by atoms with Crippen molar-refractivity contribution in [3.8, 4) is 0 Å². The van der Waals surface area contributed by atoms with E-state index in [1.54, 1.807) is 0 Å². The molecule has 1 fully saturated rings. The molecule has 0 aromatic carbocycles. The van der Waals surface area contributed by atoms with E-state index in [4.69, 9.17) is 0 Å². The van der Waals surface area contributed by atoms with Gasteiger partial charge in [-0.1, -0.05) is 13.3 Å². The summed E-state index contributed by atoms with van der Waals surface area (Å²) < 4.78 is 0. The number of hydrogen-bond acceptors (Lipinski definition) is 3. The van der Waals surface area contributed by atoms with Crippen LogP contribution in [0.5, 0.6) is 0 Å². The highest BCUT2D eigenvalue weighted by molar-refractivity contribution is 5.81. The Hall–Kier alpha value is -0.730. The van der Waals surface area contributed by atoms with Crippen molar-refractivity contribution in [2.24, 2.45) is 10.9 Å². The van der Waals surface area contributed by atoms with E-state index in [-0.39, 0.29) is 0 Å². The van der Waals surface area contributed by atoms with Gasteiger partial charge in [-0.3, -0.25) is 4.99 Å². The molecule has 2 aliphatic rings. The Morgan fingerprint density at radius 1 is 1.62 bits per heavy atom. The summed E-state index contributed by atoms with van der Waals surface area (Å²) in [5, 5.41) is 3.35. The van der Waals surface area contributed by atoms with Crippen molar-refractivity contribution in [3.05, 3.63) is 0 Å². The van der Waals surface area contributed by atoms with Crippen LogP contribution in [-0.4, -0.2) is 37.0 Å². The zero-order chi connectivity index (χ0) is 9.10. The second-order valence-corrected chi connectivity index (χ2v) is 3.99. The quantitative estimate of drug-likeness (QED) is 0.655. The van der Waals surface area contributed by atoms with Crippen LogP contribution >= 0.6 is 0 Å². The number of hydrogen-bond donors (Lipinski definition) is 1. The van der Waals surface area contributed by atoms with Crippen LogP contribution in [0.2, 0.25) is 0 Å². The van der Waals surface area contributed by atoms with E-state index >= 15 is 0 Å². The number of likely N-dealkylation sites (tertiary alicyclic amines) is 1. The second-order valence-electron chi connectivity index (χ2n) is 3.99. The molecule has 0 bridgehead atoms. The molecule has 3 heteroatoms. The third-order valence-electron chi connectivity index (χ3n) is 3.05. The normalized spacial score (nSPS) is 28.5. The first-order valence-corrected chi connectivity index (χ1v) is 5.43. The fourth-order valence-electron chi connectivity index (χ4n) is 2.19. The van der Waals surface area contributed by atoms with Gasteiger partial charge in [-0.15, -0.1) is 0 Å². The number of piperidine rings is 1. The van der Waals surface area contributed by atoms with Gasteiger partial charge in [0.05, 0.1) is 6.54 Å². The number of nitrogens with zero attached hydrogens (tertiary/aromatic N) is 2. The van der Waals surface area contributed by atoms with Crippen molar-refractivity contribution >= 4 is 5.96 Å². The second kappa shape index (κ2) is 3.99. The van der Waals surface area contributed by atoms with Gasteiger partial charge < -0.3 is 10.2 Å². The van der Waals surface area contributed by atoms with Crippen LogP contribution in [-0.2, 0) is 0 Å². The van der Waals surface area contributed by atoms with Crippen LogP contribution in [0.4, 0.5) is 0 Å². The minimum atomic E-state index is 0.888. The van der Waals surface area contributed by atoms with Crippen molar-refractivity contribution in [2.75, 3.05) is 26.2 Å². The van der Waals surface area contributed by atoms with E-state index in [9.17, 15) is 0 Å². The zero-order valence-electron chi connectivity index (χ0n) is 8.42. The Kier molecular flexibility index (Phi) is 2.71. The summed E-state index contributed by atoms with van der Waals surface area (Å²) in [6, 6.07) is 0. The fraction of sp³-hybridized carbons (Fsp3) is 0.900. The monoisotopic (exact) mass is 181 g/mol. The minimum absolute atomic E-state index is 0.888. The van der Waals surface area contributed by atoms with Gasteiger partial charge in [-0.2, -0.15) is 0 Å². The highest BCUT2D eigenvalue weighted by Crippen LogP contribution is 2.19. The first kappa shape index (κ1) is 8.85. The molecular weight excluding hydrogens is 162 g/mol. The smallest absolute Gasteiger partial charge is 0.194 e. The molecule has 1 saturated heterocycles. The Morgan fingerprint density at radius 2 is 2.54 bits per heavy atom. The maximum Gasteiger partial charge on any atom is 0.194 e. The number of rotatable bonds is 1.